The van der Waals surface area contributed by atoms with Gasteiger partial charge in [0.2, 0.25) is 0 Å². The second-order valence-electron chi connectivity index (χ2n) is 7.10. The minimum Gasteiger partial charge on any atom is -0.348 e. The Kier molecular flexibility index (Phi) is 5.39. The van der Waals surface area contributed by atoms with Crippen LogP contribution in [0.2, 0.25) is 0 Å². The van der Waals surface area contributed by atoms with Gasteiger partial charge in [-0.05, 0) is 41.8 Å². The van der Waals surface area contributed by atoms with Crippen LogP contribution in [0, 0.1) is 0 Å². The van der Waals surface area contributed by atoms with Crippen molar-refractivity contribution in [2.45, 2.75) is 19.9 Å². The number of carbonyl (C=O) groups is 1. The van der Waals surface area contributed by atoms with Gasteiger partial charge in [0.25, 0.3) is 11.5 Å². The summed E-state index contributed by atoms with van der Waals surface area (Å²) in [6.45, 7) is 2.57. The summed E-state index contributed by atoms with van der Waals surface area (Å²) in [6.07, 6.45) is 2.62. The van der Waals surface area contributed by atoms with Gasteiger partial charge < -0.3 is 5.32 Å². The van der Waals surface area contributed by atoms with E-state index >= 15 is 0 Å². The van der Waals surface area contributed by atoms with Crippen molar-refractivity contribution in [2.75, 3.05) is 0 Å². The molecule has 2 aromatic carbocycles. The molecule has 6 nitrogen and oxygen atoms in total. The summed E-state index contributed by atoms with van der Waals surface area (Å²) >= 11 is 0. The summed E-state index contributed by atoms with van der Waals surface area (Å²) in [4.78, 5) is 33.9. The second kappa shape index (κ2) is 8.29. The third-order valence-electron chi connectivity index (χ3n) is 5.13. The van der Waals surface area contributed by atoms with Crippen molar-refractivity contribution < 1.29 is 4.79 Å². The third kappa shape index (κ3) is 3.85. The van der Waals surface area contributed by atoms with Crippen LogP contribution in [0.1, 0.15) is 28.4 Å². The van der Waals surface area contributed by atoms with Gasteiger partial charge in [0.15, 0.2) is 5.65 Å². The largest absolute Gasteiger partial charge is 0.348 e. The first-order valence-corrected chi connectivity index (χ1v) is 9.85. The van der Waals surface area contributed by atoms with E-state index in [0.29, 0.717) is 34.5 Å². The van der Waals surface area contributed by atoms with Crippen LogP contribution in [0.25, 0.3) is 22.4 Å². The van der Waals surface area contributed by atoms with Gasteiger partial charge in [-0.2, -0.15) is 0 Å². The minimum atomic E-state index is -0.228. The SMILES string of the molecule is CCc1ccc(CNC(=O)c2ccc(-c3nc4cccnc4n(C)c3=O)cc2)cc1. The first kappa shape index (κ1) is 19.5. The Morgan fingerprint density at radius 1 is 1.00 bits per heavy atom. The standard InChI is InChI=1S/C24H22N4O2/c1-3-16-6-8-17(9-7-16)15-26-23(29)19-12-10-18(11-13-19)21-24(30)28(2)22-20(27-21)5-4-14-25-22/h4-14H,3,15H2,1-2H3,(H,26,29). The number of fused-ring (bicyclic) bond motifs is 1. The highest BCUT2D eigenvalue weighted by molar-refractivity contribution is 5.94. The smallest absolute Gasteiger partial charge is 0.278 e. The van der Waals surface area contributed by atoms with Crippen LogP contribution in [-0.4, -0.2) is 20.4 Å². The predicted octanol–water partition coefficient (Wildman–Crippen LogP) is 3.49. The van der Waals surface area contributed by atoms with Gasteiger partial charge in [0, 0.05) is 30.9 Å². The number of carbonyl (C=O) groups excluding carboxylic acids is 1. The van der Waals surface area contributed by atoms with Gasteiger partial charge in [0.05, 0.1) is 0 Å². The molecule has 6 heteroatoms. The zero-order valence-electron chi connectivity index (χ0n) is 16.9. The number of nitrogens with zero attached hydrogens (tertiary/aromatic N) is 3. The topological polar surface area (TPSA) is 76.9 Å². The lowest BCUT2D eigenvalue weighted by atomic mass is 10.1. The summed E-state index contributed by atoms with van der Waals surface area (Å²) in [5.74, 6) is -0.162. The molecule has 0 aliphatic carbocycles. The van der Waals surface area contributed by atoms with E-state index < -0.39 is 0 Å². The van der Waals surface area contributed by atoms with E-state index in [1.54, 1.807) is 43.6 Å². The number of pyridine rings is 1. The first-order valence-electron chi connectivity index (χ1n) is 9.85. The van der Waals surface area contributed by atoms with Crippen LogP contribution in [-0.2, 0) is 20.0 Å². The van der Waals surface area contributed by atoms with E-state index in [2.05, 4.69) is 34.3 Å². The zero-order valence-corrected chi connectivity index (χ0v) is 16.9. The summed E-state index contributed by atoms with van der Waals surface area (Å²) in [7, 11) is 1.68. The molecular formula is C24H22N4O2. The molecular weight excluding hydrogens is 376 g/mol. The molecule has 30 heavy (non-hydrogen) atoms. The Balaban J connectivity index is 1.52. The van der Waals surface area contributed by atoms with Crippen LogP contribution >= 0.6 is 0 Å². The van der Waals surface area contributed by atoms with Gasteiger partial charge in [-0.25, -0.2) is 9.97 Å². The zero-order chi connectivity index (χ0) is 21.1. The van der Waals surface area contributed by atoms with Crippen molar-refractivity contribution in [2.24, 2.45) is 7.05 Å². The quantitative estimate of drug-likeness (QED) is 0.558. The molecule has 1 amide bonds. The van der Waals surface area contributed by atoms with Crippen molar-refractivity contribution in [3.05, 3.63) is 93.9 Å². The lowest BCUT2D eigenvalue weighted by Crippen LogP contribution is -2.23. The molecule has 2 heterocycles. The maximum atomic E-state index is 12.7. The lowest BCUT2D eigenvalue weighted by Gasteiger charge is -2.09. The minimum absolute atomic E-state index is 0.162. The Morgan fingerprint density at radius 2 is 1.70 bits per heavy atom. The van der Waals surface area contributed by atoms with Crippen molar-refractivity contribution in [3.63, 3.8) is 0 Å². The van der Waals surface area contributed by atoms with E-state index in [4.69, 9.17) is 0 Å². The van der Waals surface area contributed by atoms with E-state index in [9.17, 15) is 9.59 Å². The van der Waals surface area contributed by atoms with Crippen molar-refractivity contribution in [3.8, 4) is 11.3 Å². The maximum Gasteiger partial charge on any atom is 0.278 e. The van der Waals surface area contributed by atoms with Gasteiger partial charge >= 0.3 is 0 Å². The molecule has 150 valence electrons. The number of aryl methyl sites for hydroxylation is 2. The monoisotopic (exact) mass is 398 g/mol. The Morgan fingerprint density at radius 3 is 2.40 bits per heavy atom. The number of aromatic nitrogens is 3. The number of rotatable bonds is 5. The highest BCUT2D eigenvalue weighted by Gasteiger charge is 2.12. The Bertz CT molecular complexity index is 1260. The number of benzene rings is 2. The van der Waals surface area contributed by atoms with E-state index in [-0.39, 0.29) is 11.5 Å². The van der Waals surface area contributed by atoms with Crippen LogP contribution in [0.15, 0.2) is 71.7 Å². The van der Waals surface area contributed by atoms with Crippen molar-refractivity contribution in [1.29, 1.82) is 0 Å². The maximum absolute atomic E-state index is 12.7. The predicted molar refractivity (Wildman–Crippen MR) is 117 cm³/mol. The van der Waals surface area contributed by atoms with Crippen LogP contribution in [0.4, 0.5) is 0 Å². The van der Waals surface area contributed by atoms with Gasteiger partial charge in [-0.1, -0.05) is 43.3 Å². The molecule has 0 spiro atoms. The van der Waals surface area contributed by atoms with Gasteiger partial charge in [0.1, 0.15) is 11.2 Å². The van der Waals surface area contributed by atoms with Crippen LogP contribution < -0.4 is 10.9 Å². The average molecular weight is 398 g/mol. The lowest BCUT2D eigenvalue weighted by molar-refractivity contribution is 0.0951. The molecule has 0 aliphatic rings. The molecule has 4 rings (SSSR count). The summed E-state index contributed by atoms with van der Waals surface area (Å²) in [5, 5.41) is 2.93. The fraction of sp³-hybridized carbons (Fsp3) is 0.167. The average Bonchev–Trinajstić information content (AvgIpc) is 2.80. The van der Waals surface area contributed by atoms with Crippen molar-refractivity contribution in [1.82, 2.24) is 19.9 Å². The fourth-order valence-electron chi connectivity index (χ4n) is 3.30. The van der Waals surface area contributed by atoms with Gasteiger partial charge in [-0.3, -0.25) is 14.2 Å². The number of amides is 1. The molecule has 1 N–H and O–H groups in total. The number of hydrogen-bond acceptors (Lipinski definition) is 4. The number of hydrogen-bond donors (Lipinski definition) is 1. The highest BCUT2D eigenvalue weighted by Crippen LogP contribution is 2.17. The molecule has 0 saturated carbocycles. The molecule has 0 radical (unpaired) electrons. The Labute approximate surface area is 174 Å². The molecule has 0 saturated heterocycles. The molecule has 0 atom stereocenters. The molecule has 0 bridgehead atoms. The summed E-state index contributed by atoms with van der Waals surface area (Å²) in [5.41, 5.74) is 4.80. The normalized spacial score (nSPS) is 10.9. The number of nitrogens with one attached hydrogen (secondary N) is 1. The fourth-order valence-corrected chi connectivity index (χ4v) is 3.30. The van der Waals surface area contributed by atoms with E-state index in [1.165, 1.54) is 10.1 Å². The van der Waals surface area contributed by atoms with Crippen LogP contribution in [0.3, 0.4) is 0 Å². The van der Waals surface area contributed by atoms with Crippen LogP contribution in [0.5, 0.6) is 0 Å². The molecule has 2 aromatic heterocycles. The second-order valence-corrected chi connectivity index (χ2v) is 7.10. The highest BCUT2D eigenvalue weighted by atomic mass is 16.1. The van der Waals surface area contributed by atoms with E-state index in [0.717, 1.165) is 12.0 Å². The summed E-state index contributed by atoms with van der Waals surface area (Å²) < 4.78 is 1.49. The summed E-state index contributed by atoms with van der Waals surface area (Å²) in [6, 6.07) is 18.7. The molecule has 0 unspecified atom stereocenters. The Hall–Kier alpha value is -3.80. The molecule has 0 fully saturated rings. The van der Waals surface area contributed by atoms with E-state index in [1.807, 2.05) is 18.2 Å². The third-order valence-corrected chi connectivity index (χ3v) is 5.13. The molecule has 0 aliphatic heterocycles. The molecule has 4 aromatic rings. The first-order chi connectivity index (χ1) is 14.6. The van der Waals surface area contributed by atoms with Crippen molar-refractivity contribution >= 4 is 17.1 Å². The van der Waals surface area contributed by atoms with Gasteiger partial charge in [-0.15, -0.1) is 0 Å².